The van der Waals surface area contributed by atoms with Crippen LogP contribution in [0.15, 0.2) is 48.5 Å². The van der Waals surface area contributed by atoms with E-state index in [9.17, 15) is 22.8 Å². The lowest BCUT2D eigenvalue weighted by Crippen LogP contribution is -2.39. The molecule has 264 valence electrons. The number of anilines is 2. The normalized spacial score (nSPS) is 18.2. The van der Waals surface area contributed by atoms with Crippen LogP contribution in [0.5, 0.6) is 11.5 Å². The Hall–Kier alpha value is -4.98. The van der Waals surface area contributed by atoms with Gasteiger partial charge in [0.05, 0.1) is 30.1 Å². The molecule has 2 atom stereocenters. The number of hydrogen-bond acceptors (Lipinski definition) is 9. The second kappa shape index (κ2) is 14.1. The quantitative estimate of drug-likeness (QED) is 0.103. The Morgan fingerprint density at radius 2 is 1.80 bits per heavy atom. The first-order chi connectivity index (χ1) is 23.8. The summed E-state index contributed by atoms with van der Waals surface area (Å²) < 4.78 is 67.6. The van der Waals surface area contributed by atoms with Crippen LogP contribution in [0.3, 0.4) is 0 Å². The molecule has 14 heteroatoms. The Bertz CT molecular complexity index is 1930. The largest absolute Gasteiger partial charge is 0.493 e. The highest BCUT2D eigenvalue weighted by Gasteiger charge is 2.32. The minimum atomic E-state index is -4.54. The number of amides is 2. The fraction of sp³-hybridized carbons (Fsp3) is 0.389. The molecular formula is C36H38F4N6O4. The van der Waals surface area contributed by atoms with E-state index in [2.05, 4.69) is 25.5 Å². The molecule has 3 aromatic carbocycles. The van der Waals surface area contributed by atoms with Crippen LogP contribution in [-0.4, -0.2) is 53.0 Å². The number of aromatic nitrogens is 2. The SMILES string of the molecule is COc1cc2nc(C)nc(N[C@H](C)c3cc(N)cc(C(F)(F)F)c3)c2cc1OC1CCN(Cc2ccc(C3CCC(=O)NC3=O)c(F)c2)CC1. The van der Waals surface area contributed by atoms with E-state index in [0.717, 1.165) is 17.7 Å². The number of nitrogen functional groups attached to an aromatic ring is 1. The molecule has 3 heterocycles. The Labute approximate surface area is 286 Å². The molecule has 2 fully saturated rings. The summed E-state index contributed by atoms with van der Waals surface area (Å²) in [4.78, 5) is 35.0. The number of hydrogen-bond donors (Lipinski definition) is 3. The molecule has 0 radical (unpaired) electrons. The smallest absolute Gasteiger partial charge is 0.416 e. The van der Waals surface area contributed by atoms with Gasteiger partial charge >= 0.3 is 6.18 Å². The number of nitrogens with one attached hydrogen (secondary N) is 2. The van der Waals surface area contributed by atoms with Crippen LogP contribution < -0.4 is 25.8 Å². The van der Waals surface area contributed by atoms with Gasteiger partial charge in [-0.2, -0.15) is 13.2 Å². The van der Waals surface area contributed by atoms with Gasteiger partial charge in [0.15, 0.2) is 11.5 Å². The lowest BCUT2D eigenvalue weighted by Gasteiger charge is -2.32. The van der Waals surface area contributed by atoms with Crippen molar-refractivity contribution >= 4 is 34.2 Å². The molecule has 0 aliphatic carbocycles. The zero-order valence-corrected chi connectivity index (χ0v) is 27.9. The number of imide groups is 1. The second-order valence-electron chi connectivity index (χ2n) is 12.8. The lowest BCUT2D eigenvalue weighted by atomic mass is 9.89. The Balaban J connectivity index is 1.14. The number of fused-ring (bicyclic) bond motifs is 1. The predicted molar refractivity (Wildman–Crippen MR) is 179 cm³/mol. The van der Waals surface area contributed by atoms with E-state index in [-0.39, 0.29) is 30.5 Å². The third kappa shape index (κ3) is 7.75. The number of rotatable bonds is 9. The first-order valence-corrected chi connectivity index (χ1v) is 16.4. The van der Waals surface area contributed by atoms with E-state index in [4.69, 9.17) is 15.2 Å². The van der Waals surface area contributed by atoms with Crippen molar-refractivity contribution in [2.75, 3.05) is 31.2 Å². The van der Waals surface area contributed by atoms with Crippen molar-refractivity contribution in [3.05, 3.63) is 82.4 Å². The molecule has 0 bridgehead atoms. The Kier molecular flexibility index (Phi) is 9.83. The molecule has 4 N–H and O–H groups in total. The summed E-state index contributed by atoms with van der Waals surface area (Å²) in [6, 6.07) is 11.3. The van der Waals surface area contributed by atoms with Gasteiger partial charge in [0, 0.05) is 48.8 Å². The predicted octanol–water partition coefficient (Wildman–Crippen LogP) is 6.42. The van der Waals surface area contributed by atoms with Gasteiger partial charge in [-0.3, -0.25) is 19.8 Å². The average molecular weight is 695 g/mol. The van der Waals surface area contributed by atoms with Crippen molar-refractivity contribution in [3.63, 3.8) is 0 Å². The zero-order chi connectivity index (χ0) is 35.7. The summed E-state index contributed by atoms with van der Waals surface area (Å²) in [5.74, 6) is -0.0940. The minimum absolute atomic E-state index is 0.00789. The van der Waals surface area contributed by atoms with Crippen LogP contribution in [0.4, 0.5) is 29.1 Å². The van der Waals surface area contributed by atoms with Crippen molar-refractivity contribution in [2.45, 2.75) is 70.3 Å². The maximum absolute atomic E-state index is 15.1. The number of alkyl halides is 3. The molecule has 2 amide bonds. The summed E-state index contributed by atoms with van der Waals surface area (Å²) in [6.07, 6.45) is -2.81. The van der Waals surface area contributed by atoms with Crippen LogP contribution in [0.2, 0.25) is 0 Å². The van der Waals surface area contributed by atoms with Gasteiger partial charge < -0.3 is 20.5 Å². The number of benzene rings is 3. The van der Waals surface area contributed by atoms with Crippen LogP contribution >= 0.6 is 0 Å². The molecule has 2 aliphatic heterocycles. The van der Waals surface area contributed by atoms with Crippen molar-refractivity contribution in [1.29, 1.82) is 0 Å². The average Bonchev–Trinajstić information content (AvgIpc) is 3.05. The summed E-state index contributed by atoms with van der Waals surface area (Å²) in [7, 11) is 1.54. The van der Waals surface area contributed by atoms with Crippen LogP contribution in [0.1, 0.15) is 72.6 Å². The molecular weight excluding hydrogens is 656 g/mol. The molecule has 1 aromatic heterocycles. The van der Waals surface area contributed by atoms with Crippen molar-refractivity contribution in [1.82, 2.24) is 20.2 Å². The summed E-state index contributed by atoms with van der Waals surface area (Å²) in [6.45, 7) is 5.38. The van der Waals surface area contributed by atoms with Crippen LogP contribution in [0.25, 0.3) is 10.9 Å². The van der Waals surface area contributed by atoms with Gasteiger partial charge in [0.2, 0.25) is 11.8 Å². The van der Waals surface area contributed by atoms with Crippen molar-refractivity contribution in [3.8, 4) is 11.5 Å². The number of nitrogens with zero attached hydrogens (tertiary/aromatic N) is 3. The van der Waals surface area contributed by atoms with Crippen LogP contribution in [-0.2, 0) is 22.3 Å². The van der Waals surface area contributed by atoms with E-state index in [1.54, 1.807) is 32.0 Å². The third-order valence-corrected chi connectivity index (χ3v) is 9.17. The number of carbonyl (C=O) groups excluding carboxylic acids is 2. The van der Waals surface area contributed by atoms with E-state index in [1.807, 2.05) is 6.07 Å². The lowest BCUT2D eigenvalue weighted by molar-refractivity contribution is -0.138. The molecule has 4 aromatic rings. The summed E-state index contributed by atoms with van der Waals surface area (Å²) >= 11 is 0. The molecule has 2 aliphatic rings. The first-order valence-electron chi connectivity index (χ1n) is 16.4. The monoisotopic (exact) mass is 694 g/mol. The maximum Gasteiger partial charge on any atom is 0.416 e. The van der Waals surface area contributed by atoms with Crippen molar-refractivity contribution < 1.29 is 36.6 Å². The van der Waals surface area contributed by atoms with Crippen molar-refractivity contribution in [2.24, 2.45) is 0 Å². The summed E-state index contributed by atoms with van der Waals surface area (Å²) in [5, 5.41) is 6.13. The third-order valence-electron chi connectivity index (χ3n) is 9.17. The number of halogens is 4. The molecule has 0 spiro atoms. The highest BCUT2D eigenvalue weighted by atomic mass is 19.4. The van der Waals surface area contributed by atoms with E-state index < -0.39 is 35.4 Å². The molecule has 2 saturated heterocycles. The fourth-order valence-corrected chi connectivity index (χ4v) is 6.56. The van der Waals surface area contributed by atoms with Gasteiger partial charge in [-0.25, -0.2) is 14.4 Å². The van der Waals surface area contributed by atoms with Gasteiger partial charge in [-0.1, -0.05) is 12.1 Å². The molecule has 10 nitrogen and oxygen atoms in total. The van der Waals surface area contributed by atoms with E-state index >= 15 is 4.39 Å². The Morgan fingerprint density at radius 1 is 1.04 bits per heavy atom. The topological polar surface area (TPSA) is 132 Å². The maximum atomic E-state index is 15.1. The Morgan fingerprint density at radius 3 is 2.48 bits per heavy atom. The summed E-state index contributed by atoms with van der Waals surface area (Å²) in [5.41, 5.74) is 7.00. The minimum Gasteiger partial charge on any atom is -0.493 e. The number of aryl methyl sites for hydroxylation is 1. The first kappa shape index (κ1) is 34.9. The number of carbonyl (C=O) groups is 2. The van der Waals surface area contributed by atoms with Gasteiger partial charge in [0.1, 0.15) is 23.6 Å². The molecule has 1 unspecified atom stereocenters. The second-order valence-corrected chi connectivity index (χ2v) is 12.8. The molecule has 50 heavy (non-hydrogen) atoms. The van der Waals surface area contributed by atoms with Crippen LogP contribution in [0, 0.1) is 12.7 Å². The van der Waals surface area contributed by atoms with E-state index in [0.29, 0.717) is 77.6 Å². The van der Waals surface area contributed by atoms with Gasteiger partial charge in [0.25, 0.3) is 0 Å². The standard InChI is InChI=1S/C36H38F4N6O4/c1-19(22-13-23(36(38,39)40)15-24(41)14-22)42-34-28-16-32(31(49-3)17-30(28)43-20(2)44-34)50-25-8-10-46(11-9-25)18-21-4-5-26(29(37)12-21)27-6-7-33(47)45-35(27)48/h4-5,12-17,19,25,27H,6-11,18,41H2,1-3H3,(H,42,43,44)(H,45,47,48)/t19-,27?/m1/s1. The van der Waals surface area contributed by atoms with Gasteiger partial charge in [-0.15, -0.1) is 0 Å². The van der Waals surface area contributed by atoms with Gasteiger partial charge in [-0.05, 0) is 74.6 Å². The number of methoxy groups -OCH3 is 1. The zero-order valence-electron chi connectivity index (χ0n) is 27.9. The number of piperidine rings is 2. The highest BCUT2D eigenvalue weighted by Crippen LogP contribution is 2.38. The van der Waals surface area contributed by atoms with E-state index in [1.165, 1.54) is 19.2 Å². The fourth-order valence-electron chi connectivity index (χ4n) is 6.56. The molecule has 0 saturated carbocycles. The molecule has 6 rings (SSSR count). The number of likely N-dealkylation sites (tertiary alicyclic amines) is 1. The number of ether oxygens (including phenoxy) is 2. The highest BCUT2D eigenvalue weighted by molar-refractivity contribution is 6.01. The number of nitrogens with two attached hydrogens (primary N) is 1.